The summed E-state index contributed by atoms with van der Waals surface area (Å²) in [6.07, 6.45) is 0. The Hall–Kier alpha value is -2.48. The minimum absolute atomic E-state index is 0.0989. The zero-order valence-electron chi connectivity index (χ0n) is 15.1. The van der Waals surface area contributed by atoms with Gasteiger partial charge in [-0.1, -0.05) is 24.3 Å². The van der Waals surface area contributed by atoms with Crippen LogP contribution < -0.4 is 10.6 Å². The molecule has 2 heterocycles. The highest BCUT2D eigenvalue weighted by molar-refractivity contribution is 7.12. The largest absolute Gasteiger partial charge is 0.350 e. The van der Waals surface area contributed by atoms with Gasteiger partial charge in [0.25, 0.3) is 11.8 Å². The number of hydrogen-bond donors (Lipinski definition) is 2. The Morgan fingerprint density at radius 2 is 1.70 bits per heavy atom. The molecule has 3 aromatic rings. The molecular weight excluding hydrogens is 378 g/mol. The summed E-state index contributed by atoms with van der Waals surface area (Å²) in [5.41, 5.74) is 0.956. The van der Waals surface area contributed by atoms with Gasteiger partial charge in [0.1, 0.15) is 0 Å². The summed E-state index contributed by atoms with van der Waals surface area (Å²) in [5.74, 6) is -0.421. The van der Waals surface area contributed by atoms with E-state index in [-0.39, 0.29) is 17.9 Å². The molecule has 0 aliphatic heterocycles. The van der Waals surface area contributed by atoms with E-state index in [1.54, 1.807) is 41.7 Å². The van der Waals surface area contributed by atoms with Crippen LogP contribution in [0.5, 0.6) is 0 Å². The van der Waals surface area contributed by atoms with E-state index in [0.29, 0.717) is 22.7 Å². The van der Waals surface area contributed by atoms with Crippen molar-refractivity contribution in [1.82, 2.24) is 10.2 Å². The molecule has 0 bridgehead atoms. The van der Waals surface area contributed by atoms with Gasteiger partial charge in [-0.3, -0.25) is 9.59 Å². The van der Waals surface area contributed by atoms with Crippen molar-refractivity contribution >= 4 is 40.2 Å². The van der Waals surface area contributed by atoms with E-state index < -0.39 is 0 Å². The summed E-state index contributed by atoms with van der Waals surface area (Å²) in [4.78, 5) is 29.0. The second kappa shape index (κ2) is 8.94. The molecule has 0 aliphatic carbocycles. The van der Waals surface area contributed by atoms with Gasteiger partial charge in [0.05, 0.1) is 22.2 Å². The first-order valence-corrected chi connectivity index (χ1v) is 10.2. The van der Waals surface area contributed by atoms with Crippen LogP contribution in [-0.2, 0) is 0 Å². The topological polar surface area (TPSA) is 61.4 Å². The van der Waals surface area contributed by atoms with Gasteiger partial charge in [-0.25, -0.2) is 0 Å². The lowest BCUT2D eigenvalue weighted by atomic mass is 10.1. The van der Waals surface area contributed by atoms with Gasteiger partial charge in [-0.15, -0.1) is 22.7 Å². The third kappa shape index (κ3) is 4.82. The molecule has 0 saturated heterocycles. The fourth-order valence-electron chi connectivity index (χ4n) is 2.68. The monoisotopic (exact) mass is 399 g/mol. The van der Waals surface area contributed by atoms with Crippen molar-refractivity contribution in [2.24, 2.45) is 0 Å². The summed E-state index contributed by atoms with van der Waals surface area (Å²) >= 11 is 3.03. The lowest BCUT2D eigenvalue weighted by Crippen LogP contribution is -2.34. The number of para-hydroxylation sites is 1. The zero-order chi connectivity index (χ0) is 19.2. The molecule has 7 heteroatoms. The maximum absolute atomic E-state index is 12.8. The summed E-state index contributed by atoms with van der Waals surface area (Å²) in [5, 5.41) is 9.71. The Bertz CT molecular complexity index is 890. The molecule has 0 fully saturated rings. The van der Waals surface area contributed by atoms with Crippen LogP contribution in [0, 0.1) is 0 Å². The maximum atomic E-state index is 12.8. The number of hydrogen-bond acceptors (Lipinski definition) is 5. The molecule has 2 amide bonds. The Labute approximate surface area is 166 Å². The van der Waals surface area contributed by atoms with Crippen molar-refractivity contribution in [2.75, 3.05) is 26.0 Å². The Morgan fingerprint density at radius 3 is 2.37 bits per heavy atom. The van der Waals surface area contributed by atoms with Crippen LogP contribution in [0.1, 0.15) is 30.9 Å². The smallest absolute Gasteiger partial charge is 0.265 e. The van der Waals surface area contributed by atoms with Crippen LogP contribution in [-0.4, -0.2) is 37.4 Å². The number of rotatable bonds is 7. The summed E-state index contributed by atoms with van der Waals surface area (Å²) in [7, 11) is 3.98. The average Bonchev–Trinajstić information content (AvgIpc) is 3.36. The summed E-state index contributed by atoms with van der Waals surface area (Å²) in [6, 6.07) is 14.8. The average molecular weight is 400 g/mol. The van der Waals surface area contributed by atoms with Gasteiger partial charge < -0.3 is 15.5 Å². The number of thiophene rings is 2. The van der Waals surface area contributed by atoms with Gasteiger partial charge in [0.2, 0.25) is 0 Å². The molecule has 0 spiro atoms. The molecule has 0 radical (unpaired) electrons. The van der Waals surface area contributed by atoms with Crippen LogP contribution >= 0.6 is 22.7 Å². The van der Waals surface area contributed by atoms with Crippen LogP contribution in [0.25, 0.3) is 0 Å². The lowest BCUT2D eigenvalue weighted by Gasteiger charge is -2.23. The highest BCUT2D eigenvalue weighted by atomic mass is 32.1. The SMILES string of the molecule is CN(C)C(CNC(=O)c1ccccc1NC(=O)c1cccs1)c1cccs1. The van der Waals surface area contributed by atoms with E-state index in [9.17, 15) is 9.59 Å². The minimum atomic E-state index is -0.213. The Morgan fingerprint density at radius 1 is 0.963 bits per heavy atom. The number of anilines is 1. The van der Waals surface area contributed by atoms with Crippen molar-refractivity contribution in [3.05, 3.63) is 74.6 Å². The van der Waals surface area contributed by atoms with Crippen molar-refractivity contribution in [1.29, 1.82) is 0 Å². The third-order valence-electron chi connectivity index (χ3n) is 4.12. The quantitative estimate of drug-likeness (QED) is 0.629. The zero-order valence-corrected chi connectivity index (χ0v) is 16.8. The number of likely N-dealkylation sites (N-methyl/N-ethyl adjacent to an activating group) is 1. The highest BCUT2D eigenvalue weighted by Crippen LogP contribution is 2.23. The van der Waals surface area contributed by atoms with Gasteiger partial charge in [-0.2, -0.15) is 0 Å². The number of amides is 2. The normalized spacial score (nSPS) is 12.0. The second-order valence-corrected chi connectivity index (χ2v) is 8.11. The second-order valence-electron chi connectivity index (χ2n) is 6.18. The number of carbonyl (C=O) groups excluding carboxylic acids is 2. The molecule has 2 N–H and O–H groups in total. The van der Waals surface area contributed by atoms with Gasteiger partial charge in [0.15, 0.2) is 0 Å². The van der Waals surface area contributed by atoms with Crippen molar-refractivity contribution in [3.8, 4) is 0 Å². The minimum Gasteiger partial charge on any atom is -0.350 e. The molecule has 0 saturated carbocycles. The molecule has 2 aromatic heterocycles. The first-order valence-electron chi connectivity index (χ1n) is 8.48. The molecule has 1 atom stereocenters. The molecule has 0 aliphatic rings. The van der Waals surface area contributed by atoms with Gasteiger partial charge in [-0.05, 0) is 49.1 Å². The Kier molecular flexibility index (Phi) is 6.39. The first-order chi connectivity index (χ1) is 13.1. The Balaban J connectivity index is 1.70. The number of benzene rings is 1. The van der Waals surface area contributed by atoms with Crippen LogP contribution in [0.4, 0.5) is 5.69 Å². The van der Waals surface area contributed by atoms with E-state index in [4.69, 9.17) is 0 Å². The molecule has 5 nitrogen and oxygen atoms in total. The van der Waals surface area contributed by atoms with Crippen LogP contribution in [0.3, 0.4) is 0 Å². The molecular formula is C20H21N3O2S2. The molecule has 27 heavy (non-hydrogen) atoms. The third-order valence-corrected chi connectivity index (χ3v) is 5.96. The number of nitrogens with zero attached hydrogens (tertiary/aromatic N) is 1. The molecule has 1 aromatic carbocycles. The standard InChI is InChI=1S/C20H21N3O2S2/c1-23(2)16(17-9-5-11-26-17)13-21-19(24)14-7-3-4-8-15(14)22-20(25)18-10-6-12-27-18/h3-12,16H,13H2,1-2H3,(H,21,24)(H,22,25). The molecule has 140 valence electrons. The van der Waals surface area contributed by atoms with Crippen molar-refractivity contribution in [2.45, 2.75) is 6.04 Å². The fraction of sp³-hybridized carbons (Fsp3) is 0.200. The number of nitrogens with one attached hydrogen (secondary N) is 2. The predicted molar refractivity (Wildman–Crippen MR) is 112 cm³/mol. The molecule has 3 rings (SSSR count). The molecule has 1 unspecified atom stereocenters. The fourth-order valence-corrected chi connectivity index (χ4v) is 4.23. The van der Waals surface area contributed by atoms with Crippen molar-refractivity contribution in [3.63, 3.8) is 0 Å². The van der Waals surface area contributed by atoms with E-state index >= 15 is 0 Å². The van der Waals surface area contributed by atoms with E-state index in [0.717, 1.165) is 0 Å². The van der Waals surface area contributed by atoms with Gasteiger partial charge in [0, 0.05) is 11.4 Å². The maximum Gasteiger partial charge on any atom is 0.265 e. The lowest BCUT2D eigenvalue weighted by molar-refractivity contribution is 0.0943. The summed E-state index contributed by atoms with van der Waals surface area (Å²) < 4.78 is 0. The first kappa shape index (κ1) is 19.3. The van der Waals surface area contributed by atoms with E-state index in [1.807, 2.05) is 37.0 Å². The highest BCUT2D eigenvalue weighted by Gasteiger charge is 2.19. The van der Waals surface area contributed by atoms with Crippen molar-refractivity contribution < 1.29 is 9.59 Å². The van der Waals surface area contributed by atoms with Crippen LogP contribution in [0.2, 0.25) is 0 Å². The van der Waals surface area contributed by atoms with Gasteiger partial charge >= 0.3 is 0 Å². The number of carbonyl (C=O) groups is 2. The predicted octanol–water partition coefficient (Wildman–Crippen LogP) is 4.09. The summed E-state index contributed by atoms with van der Waals surface area (Å²) in [6.45, 7) is 0.486. The van der Waals surface area contributed by atoms with Crippen LogP contribution in [0.15, 0.2) is 59.3 Å². The van der Waals surface area contributed by atoms with E-state index in [1.165, 1.54) is 16.2 Å². The van der Waals surface area contributed by atoms with E-state index in [2.05, 4.69) is 21.6 Å².